The zero-order valence-corrected chi connectivity index (χ0v) is 16.0. The molecule has 0 saturated carbocycles. The van der Waals surface area contributed by atoms with Gasteiger partial charge in [0.1, 0.15) is 5.82 Å². The van der Waals surface area contributed by atoms with Crippen molar-refractivity contribution in [3.63, 3.8) is 0 Å². The molecule has 1 atom stereocenters. The number of amides is 1. The van der Waals surface area contributed by atoms with Crippen molar-refractivity contribution in [2.75, 3.05) is 43.4 Å². The standard InChI is InChI=1S/C18H20BrN5O2/c1-23-5-7-24(8-6-23)18-21-16-15(17(26)22-18)13(10-14(25)20-16)11-3-2-4-12(19)9-11/h2-4,9,13H,5-8,10H2,1H3,(H2,20,21,22,25,26)/t13-/m0/s1. The summed E-state index contributed by atoms with van der Waals surface area (Å²) in [4.78, 5) is 36.9. The summed E-state index contributed by atoms with van der Waals surface area (Å²) < 4.78 is 0.918. The number of rotatable bonds is 2. The van der Waals surface area contributed by atoms with Crippen LogP contribution in [-0.4, -0.2) is 54.0 Å². The van der Waals surface area contributed by atoms with Crippen LogP contribution in [0.25, 0.3) is 0 Å². The minimum absolute atomic E-state index is 0.120. The van der Waals surface area contributed by atoms with Gasteiger partial charge in [-0.3, -0.25) is 14.6 Å². The second-order valence-electron chi connectivity index (χ2n) is 6.80. The second-order valence-corrected chi connectivity index (χ2v) is 7.72. The van der Waals surface area contributed by atoms with Gasteiger partial charge in [-0.25, -0.2) is 0 Å². The molecule has 1 fully saturated rings. The van der Waals surface area contributed by atoms with Crippen LogP contribution in [0.4, 0.5) is 11.8 Å². The Morgan fingerprint density at radius 3 is 2.69 bits per heavy atom. The molecular weight excluding hydrogens is 398 g/mol. The third-order valence-electron chi connectivity index (χ3n) is 4.99. The summed E-state index contributed by atoms with van der Waals surface area (Å²) in [6.45, 7) is 3.41. The number of likely N-dealkylation sites (N-methyl/N-ethyl adjacent to an activating group) is 1. The summed E-state index contributed by atoms with van der Waals surface area (Å²) in [5.74, 6) is 0.486. The van der Waals surface area contributed by atoms with E-state index in [4.69, 9.17) is 0 Å². The Bertz CT molecular complexity index is 905. The SMILES string of the molecule is CN1CCN(c2nc3c(c(=O)[nH]2)[C@H](c2cccc(Br)c2)CC(=O)N3)CC1. The van der Waals surface area contributed by atoms with Gasteiger partial charge in [0.15, 0.2) is 0 Å². The minimum atomic E-state index is -0.297. The van der Waals surface area contributed by atoms with Crippen LogP contribution in [0.1, 0.15) is 23.5 Å². The number of hydrogen-bond donors (Lipinski definition) is 2. The summed E-state index contributed by atoms with van der Waals surface area (Å²) >= 11 is 3.46. The van der Waals surface area contributed by atoms with E-state index in [-0.39, 0.29) is 23.8 Å². The molecule has 26 heavy (non-hydrogen) atoms. The quantitative estimate of drug-likeness (QED) is 0.777. The Morgan fingerprint density at radius 1 is 1.19 bits per heavy atom. The monoisotopic (exact) mass is 417 g/mol. The van der Waals surface area contributed by atoms with Gasteiger partial charge in [0.2, 0.25) is 11.9 Å². The van der Waals surface area contributed by atoms with Crippen molar-refractivity contribution in [2.24, 2.45) is 0 Å². The molecule has 3 heterocycles. The molecule has 1 saturated heterocycles. The summed E-state index contributed by atoms with van der Waals surface area (Å²) in [6, 6.07) is 7.71. The van der Waals surface area contributed by atoms with Crippen molar-refractivity contribution in [1.29, 1.82) is 0 Å². The highest BCUT2D eigenvalue weighted by molar-refractivity contribution is 9.10. The molecule has 2 aliphatic rings. The van der Waals surface area contributed by atoms with E-state index in [2.05, 4.69) is 48.1 Å². The van der Waals surface area contributed by atoms with Crippen molar-refractivity contribution in [2.45, 2.75) is 12.3 Å². The van der Waals surface area contributed by atoms with E-state index in [0.717, 1.165) is 36.2 Å². The van der Waals surface area contributed by atoms with E-state index in [1.165, 1.54) is 0 Å². The van der Waals surface area contributed by atoms with Crippen LogP contribution in [0.3, 0.4) is 0 Å². The highest BCUT2D eigenvalue weighted by Gasteiger charge is 2.31. The number of nitrogens with zero attached hydrogens (tertiary/aromatic N) is 3. The average molecular weight is 418 g/mol. The third-order valence-corrected chi connectivity index (χ3v) is 5.49. The smallest absolute Gasteiger partial charge is 0.258 e. The predicted molar refractivity (Wildman–Crippen MR) is 104 cm³/mol. The highest BCUT2D eigenvalue weighted by atomic mass is 79.9. The van der Waals surface area contributed by atoms with Crippen LogP contribution in [0, 0.1) is 0 Å². The summed E-state index contributed by atoms with van der Waals surface area (Å²) in [5, 5.41) is 2.78. The van der Waals surface area contributed by atoms with Crippen molar-refractivity contribution in [3.8, 4) is 0 Å². The van der Waals surface area contributed by atoms with Gasteiger partial charge in [0.05, 0.1) is 5.56 Å². The Balaban J connectivity index is 1.74. The van der Waals surface area contributed by atoms with Crippen LogP contribution >= 0.6 is 15.9 Å². The van der Waals surface area contributed by atoms with Gasteiger partial charge < -0.3 is 15.1 Å². The Kier molecular flexibility index (Phi) is 4.54. The molecule has 1 aromatic carbocycles. The Morgan fingerprint density at radius 2 is 1.96 bits per heavy atom. The number of carbonyl (C=O) groups excluding carboxylic acids is 1. The molecule has 0 spiro atoms. The van der Waals surface area contributed by atoms with Gasteiger partial charge in [-0.1, -0.05) is 28.1 Å². The van der Waals surface area contributed by atoms with Gasteiger partial charge in [-0.15, -0.1) is 0 Å². The lowest BCUT2D eigenvalue weighted by Crippen LogP contribution is -2.46. The average Bonchev–Trinajstić information content (AvgIpc) is 2.61. The Hall–Kier alpha value is -2.19. The van der Waals surface area contributed by atoms with E-state index >= 15 is 0 Å². The first-order valence-corrected chi connectivity index (χ1v) is 9.43. The van der Waals surface area contributed by atoms with Crippen molar-refractivity contribution in [1.82, 2.24) is 14.9 Å². The maximum absolute atomic E-state index is 12.9. The molecule has 0 bridgehead atoms. The molecule has 136 valence electrons. The fourth-order valence-corrected chi connectivity index (χ4v) is 3.95. The molecule has 2 aromatic rings. The topological polar surface area (TPSA) is 81.3 Å². The normalized spacial score (nSPS) is 20.6. The van der Waals surface area contributed by atoms with Crippen LogP contribution in [0.15, 0.2) is 33.5 Å². The molecule has 7 nitrogen and oxygen atoms in total. The molecule has 0 aliphatic carbocycles. The summed E-state index contributed by atoms with van der Waals surface area (Å²) in [7, 11) is 2.07. The maximum atomic E-state index is 12.9. The minimum Gasteiger partial charge on any atom is -0.340 e. The fourth-order valence-electron chi connectivity index (χ4n) is 3.54. The Labute approximate surface area is 159 Å². The number of H-pyrrole nitrogens is 1. The van der Waals surface area contributed by atoms with Crippen LogP contribution in [0.5, 0.6) is 0 Å². The lowest BCUT2D eigenvalue weighted by molar-refractivity contribution is -0.116. The molecule has 1 aromatic heterocycles. The van der Waals surface area contributed by atoms with E-state index < -0.39 is 0 Å². The predicted octanol–water partition coefficient (Wildman–Crippen LogP) is 1.76. The molecule has 8 heteroatoms. The van der Waals surface area contributed by atoms with Gasteiger partial charge in [0, 0.05) is 43.0 Å². The number of hydrogen-bond acceptors (Lipinski definition) is 5. The van der Waals surface area contributed by atoms with E-state index in [1.54, 1.807) is 0 Å². The molecule has 1 amide bonds. The first-order chi connectivity index (χ1) is 12.5. The number of aromatic nitrogens is 2. The number of anilines is 2. The van der Waals surface area contributed by atoms with Crippen LogP contribution in [0.2, 0.25) is 0 Å². The molecule has 2 N–H and O–H groups in total. The lowest BCUT2D eigenvalue weighted by atomic mass is 9.87. The first kappa shape index (κ1) is 17.2. The van der Waals surface area contributed by atoms with Gasteiger partial charge in [0.25, 0.3) is 5.56 Å². The second kappa shape index (κ2) is 6.85. The molecule has 0 radical (unpaired) electrons. The number of piperazine rings is 1. The largest absolute Gasteiger partial charge is 0.340 e. The van der Waals surface area contributed by atoms with E-state index in [1.807, 2.05) is 24.3 Å². The van der Waals surface area contributed by atoms with Crippen LogP contribution < -0.4 is 15.8 Å². The molecular formula is C18H20BrN5O2. The highest BCUT2D eigenvalue weighted by Crippen LogP contribution is 2.35. The van der Waals surface area contributed by atoms with Crippen molar-refractivity contribution >= 4 is 33.6 Å². The van der Waals surface area contributed by atoms with Gasteiger partial charge in [-0.2, -0.15) is 4.98 Å². The third kappa shape index (κ3) is 3.26. The lowest BCUT2D eigenvalue weighted by Gasteiger charge is -2.33. The van der Waals surface area contributed by atoms with Crippen molar-refractivity contribution in [3.05, 3.63) is 50.2 Å². The molecule has 2 aliphatic heterocycles. The number of fused-ring (bicyclic) bond motifs is 1. The van der Waals surface area contributed by atoms with E-state index in [9.17, 15) is 9.59 Å². The summed E-state index contributed by atoms with van der Waals surface area (Å²) in [5.41, 5.74) is 1.27. The number of benzene rings is 1. The number of nitrogens with one attached hydrogen (secondary N) is 2. The van der Waals surface area contributed by atoms with E-state index in [0.29, 0.717) is 17.3 Å². The number of aromatic amines is 1. The maximum Gasteiger partial charge on any atom is 0.258 e. The van der Waals surface area contributed by atoms with Gasteiger partial charge in [-0.05, 0) is 24.7 Å². The van der Waals surface area contributed by atoms with Gasteiger partial charge >= 0.3 is 0 Å². The van der Waals surface area contributed by atoms with Crippen LogP contribution in [-0.2, 0) is 4.79 Å². The molecule has 0 unspecified atom stereocenters. The van der Waals surface area contributed by atoms with Crippen molar-refractivity contribution < 1.29 is 4.79 Å². The number of halogens is 1. The first-order valence-electron chi connectivity index (χ1n) is 8.64. The fraction of sp³-hybridized carbons (Fsp3) is 0.389. The molecule has 4 rings (SSSR count). The number of carbonyl (C=O) groups is 1. The zero-order chi connectivity index (χ0) is 18.3. The summed E-state index contributed by atoms with van der Waals surface area (Å²) in [6.07, 6.45) is 0.238. The zero-order valence-electron chi connectivity index (χ0n) is 14.5.